The average Bonchev–Trinajstić information content (AvgIpc) is 3.53. The van der Waals surface area contributed by atoms with Gasteiger partial charge < -0.3 is 4.57 Å². The van der Waals surface area contributed by atoms with Gasteiger partial charge in [-0.1, -0.05) is 157 Å². The minimum Gasteiger partial charge on any atom is -0.339 e. The average molecular weight is 525 g/mol. The Bertz CT molecular complexity index is 1310. The lowest BCUT2D eigenvalue weighted by Crippen LogP contribution is -2.60. The van der Waals surface area contributed by atoms with Crippen molar-refractivity contribution in [3.63, 3.8) is 0 Å². The first-order valence-electron chi connectivity index (χ1n) is 13.7. The van der Waals surface area contributed by atoms with Crippen molar-refractivity contribution in [2.24, 2.45) is 0 Å². The van der Waals surface area contributed by atoms with Gasteiger partial charge in [0.25, 0.3) is 0 Å². The second-order valence-corrected chi connectivity index (χ2v) is 13.4. The van der Waals surface area contributed by atoms with Crippen LogP contribution in [0.3, 0.4) is 0 Å². The monoisotopic (exact) mass is 524 g/mol. The molecule has 1 heterocycles. The Kier molecular flexibility index (Phi) is 10.5. The van der Waals surface area contributed by atoms with Crippen LogP contribution < -0.4 is 21.3 Å². The molecule has 0 amide bonds. The number of unbranched alkanes of at least 4 members (excludes halogenated alkanes) is 1. The summed E-state index contributed by atoms with van der Waals surface area (Å²) in [6, 6.07) is 42.8. The predicted molar refractivity (Wildman–Crippen MR) is 172 cm³/mol. The van der Waals surface area contributed by atoms with Crippen LogP contribution >= 0.6 is 0 Å². The lowest BCUT2D eigenvalue weighted by molar-refractivity contribution is 0.860. The zero-order valence-electron chi connectivity index (χ0n) is 22.8. The Morgan fingerprint density at radius 2 is 1.23 bits per heavy atom. The molecule has 0 aliphatic carbocycles. The van der Waals surface area contributed by atoms with Crippen LogP contribution in [0.2, 0.25) is 0 Å². The van der Waals surface area contributed by atoms with Gasteiger partial charge >= 0.3 is 0 Å². The van der Waals surface area contributed by atoms with Gasteiger partial charge in [0.2, 0.25) is 6.71 Å². The topological polar surface area (TPSA) is 17.8 Å². The molecule has 0 saturated heterocycles. The Hall–Kier alpha value is -4.15. The van der Waals surface area contributed by atoms with E-state index in [2.05, 4.69) is 150 Å². The van der Waals surface area contributed by atoms with Crippen LogP contribution in [0.15, 0.2) is 164 Å². The molecule has 0 N–H and O–H groups in total. The van der Waals surface area contributed by atoms with Crippen LogP contribution in [0.1, 0.15) is 19.8 Å². The van der Waals surface area contributed by atoms with Crippen molar-refractivity contribution >= 4 is 36.1 Å². The van der Waals surface area contributed by atoms with Gasteiger partial charge in [-0.3, -0.25) is 0 Å². The SMILES string of the molecule is C=CB(c1ccccc1)c1ccccc1.CCCC=C[Si](Cn1ccnc1)(c1ccccc1)c1ccccc1. The van der Waals surface area contributed by atoms with E-state index >= 15 is 0 Å². The molecule has 0 bridgehead atoms. The highest BCUT2D eigenvalue weighted by molar-refractivity contribution is 7.05. The zero-order chi connectivity index (χ0) is 27.2. The number of benzene rings is 4. The summed E-state index contributed by atoms with van der Waals surface area (Å²) in [6.07, 6.45) is 11.5. The molecular weight excluding hydrogens is 487 g/mol. The number of hydrogen-bond acceptors (Lipinski definition) is 1. The van der Waals surface area contributed by atoms with Crippen molar-refractivity contribution in [1.82, 2.24) is 9.55 Å². The van der Waals surface area contributed by atoms with Gasteiger partial charge in [0.15, 0.2) is 8.07 Å². The third-order valence-corrected chi connectivity index (χ3v) is 11.4. The molecular formula is C35H37BN2Si. The third kappa shape index (κ3) is 7.46. The highest BCUT2D eigenvalue weighted by atomic mass is 28.3. The maximum absolute atomic E-state index is 4.25. The molecule has 0 unspecified atom stereocenters. The largest absolute Gasteiger partial charge is 0.339 e. The molecule has 0 spiro atoms. The van der Waals surface area contributed by atoms with Gasteiger partial charge in [-0.2, -0.15) is 0 Å². The van der Waals surface area contributed by atoms with E-state index in [1.807, 2.05) is 30.6 Å². The lowest BCUT2D eigenvalue weighted by Gasteiger charge is -2.30. The number of hydrogen-bond donors (Lipinski definition) is 0. The van der Waals surface area contributed by atoms with E-state index in [1.54, 1.807) is 0 Å². The van der Waals surface area contributed by atoms with Crippen molar-refractivity contribution in [2.45, 2.75) is 25.9 Å². The third-order valence-electron chi connectivity index (χ3n) is 6.98. The van der Waals surface area contributed by atoms with Crippen LogP contribution in [0.5, 0.6) is 0 Å². The van der Waals surface area contributed by atoms with Gasteiger partial charge in [-0.15, -0.1) is 12.6 Å². The predicted octanol–water partition coefficient (Wildman–Crippen LogP) is 5.60. The summed E-state index contributed by atoms with van der Waals surface area (Å²) in [4.78, 5) is 4.25. The van der Waals surface area contributed by atoms with E-state index in [4.69, 9.17) is 0 Å². The van der Waals surface area contributed by atoms with E-state index in [1.165, 1.54) is 27.7 Å². The molecule has 4 heteroatoms. The van der Waals surface area contributed by atoms with Gasteiger partial charge in [-0.25, -0.2) is 4.98 Å². The Morgan fingerprint density at radius 1 is 0.744 bits per heavy atom. The second-order valence-electron chi connectivity index (χ2n) is 9.66. The standard InChI is InChI=1S/C21H24N2Si.C14H13B/c1-2-3-10-17-24(19-23-16-15-22-18-23,20-11-6-4-7-12-20)21-13-8-5-9-14-21;1-2-15(13-9-5-3-6-10-13)14-11-7-4-8-12-14/h4-18H,2-3,19H2,1H3;2-12H,1H2. The molecule has 0 aliphatic heterocycles. The van der Waals surface area contributed by atoms with Crippen LogP contribution in [-0.2, 0) is 6.17 Å². The second kappa shape index (κ2) is 14.7. The maximum atomic E-state index is 4.25. The highest BCUT2D eigenvalue weighted by Crippen LogP contribution is 2.12. The van der Waals surface area contributed by atoms with Crippen LogP contribution in [0, 0.1) is 0 Å². The smallest absolute Gasteiger partial charge is 0.233 e. The fourth-order valence-corrected chi connectivity index (χ4v) is 9.07. The van der Waals surface area contributed by atoms with Crippen molar-refractivity contribution in [3.05, 3.63) is 164 Å². The molecule has 0 fully saturated rings. The van der Waals surface area contributed by atoms with Gasteiger partial charge in [0.05, 0.1) is 6.33 Å². The van der Waals surface area contributed by atoms with Gasteiger partial charge in [-0.05, 0) is 16.8 Å². The Labute approximate surface area is 235 Å². The molecule has 0 saturated carbocycles. The minimum absolute atomic E-state index is 0.299. The molecule has 39 heavy (non-hydrogen) atoms. The quantitative estimate of drug-likeness (QED) is 0.218. The minimum atomic E-state index is -2.05. The van der Waals surface area contributed by atoms with Gasteiger partial charge in [0, 0.05) is 18.6 Å². The fraction of sp³-hybridized carbons (Fsp3) is 0.114. The summed E-state index contributed by atoms with van der Waals surface area (Å²) in [5.74, 6) is 1.99. The fourth-order valence-electron chi connectivity index (χ4n) is 4.97. The van der Waals surface area contributed by atoms with Crippen LogP contribution in [-0.4, -0.2) is 24.3 Å². The van der Waals surface area contributed by atoms with Gasteiger partial charge in [0.1, 0.15) is 0 Å². The van der Waals surface area contributed by atoms with E-state index < -0.39 is 8.07 Å². The number of nitrogens with zero attached hydrogens (tertiary/aromatic N) is 2. The van der Waals surface area contributed by atoms with Crippen molar-refractivity contribution in [3.8, 4) is 0 Å². The molecule has 5 aromatic rings. The van der Waals surface area contributed by atoms with E-state index in [0.717, 1.165) is 12.6 Å². The number of rotatable bonds is 10. The van der Waals surface area contributed by atoms with Crippen molar-refractivity contribution in [1.29, 1.82) is 0 Å². The molecule has 5 rings (SSSR count). The number of imidazole rings is 1. The first kappa shape index (κ1) is 27.9. The summed E-state index contributed by atoms with van der Waals surface area (Å²) < 4.78 is 2.22. The first-order valence-corrected chi connectivity index (χ1v) is 16.0. The van der Waals surface area contributed by atoms with Crippen LogP contribution in [0.25, 0.3) is 0 Å². The first-order chi connectivity index (χ1) is 19.3. The number of allylic oxidation sites excluding steroid dienone is 1. The molecule has 0 radical (unpaired) electrons. The van der Waals surface area contributed by atoms with E-state index in [9.17, 15) is 0 Å². The zero-order valence-corrected chi connectivity index (χ0v) is 23.8. The Balaban J connectivity index is 0.000000202. The normalized spacial score (nSPS) is 11.0. The molecule has 0 atom stereocenters. The van der Waals surface area contributed by atoms with Crippen LogP contribution in [0.4, 0.5) is 0 Å². The molecule has 2 nitrogen and oxygen atoms in total. The summed E-state index contributed by atoms with van der Waals surface area (Å²) in [5.41, 5.74) is 5.10. The summed E-state index contributed by atoms with van der Waals surface area (Å²) in [7, 11) is -2.05. The summed E-state index contributed by atoms with van der Waals surface area (Å²) in [5, 5.41) is 2.88. The Morgan fingerprint density at radius 3 is 1.64 bits per heavy atom. The van der Waals surface area contributed by atoms with Crippen molar-refractivity contribution < 1.29 is 0 Å². The van der Waals surface area contributed by atoms with E-state index in [-0.39, 0.29) is 0 Å². The number of aromatic nitrogens is 2. The summed E-state index contributed by atoms with van der Waals surface area (Å²) in [6.45, 7) is 6.44. The highest BCUT2D eigenvalue weighted by Gasteiger charge is 2.35. The summed E-state index contributed by atoms with van der Waals surface area (Å²) >= 11 is 0. The molecule has 194 valence electrons. The molecule has 4 aromatic carbocycles. The van der Waals surface area contributed by atoms with Crippen molar-refractivity contribution in [2.75, 3.05) is 0 Å². The molecule has 0 aliphatic rings. The maximum Gasteiger partial charge on any atom is 0.233 e. The van der Waals surface area contributed by atoms with E-state index in [0.29, 0.717) is 6.71 Å². The lowest BCUT2D eigenvalue weighted by atomic mass is 9.41. The molecule has 1 aromatic heterocycles.